The summed E-state index contributed by atoms with van der Waals surface area (Å²) in [6.07, 6.45) is 0. The summed E-state index contributed by atoms with van der Waals surface area (Å²) in [5, 5.41) is 2.73. The molecule has 3 aromatic carbocycles. The molecule has 0 bridgehead atoms. The first-order chi connectivity index (χ1) is 14.1. The highest BCUT2D eigenvalue weighted by Gasteiger charge is 2.12. The van der Waals surface area contributed by atoms with Crippen molar-refractivity contribution in [1.82, 2.24) is 4.98 Å². The lowest BCUT2D eigenvalue weighted by Crippen LogP contribution is -2.23. The Labute approximate surface area is 176 Å². The second-order valence-electron chi connectivity index (χ2n) is 6.52. The number of nitrogens with one attached hydrogen (secondary N) is 2. The van der Waals surface area contributed by atoms with Gasteiger partial charge in [0.25, 0.3) is 11.5 Å². The van der Waals surface area contributed by atoms with E-state index in [4.69, 9.17) is 0 Å². The van der Waals surface area contributed by atoms with E-state index in [9.17, 15) is 9.59 Å². The Morgan fingerprint density at radius 3 is 2.00 bits per heavy atom. The quantitative estimate of drug-likeness (QED) is 0.422. The molecule has 0 aliphatic carbocycles. The van der Waals surface area contributed by atoms with Crippen molar-refractivity contribution < 1.29 is 4.79 Å². The summed E-state index contributed by atoms with van der Waals surface area (Å²) in [6, 6.07) is 28.5. The number of amides is 1. The van der Waals surface area contributed by atoms with Crippen molar-refractivity contribution in [1.29, 1.82) is 0 Å². The fourth-order valence-corrected chi connectivity index (χ4v) is 3.29. The highest BCUT2D eigenvalue weighted by Crippen LogP contribution is 2.23. The first-order valence-electron chi connectivity index (χ1n) is 9.06. The van der Waals surface area contributed by atoms with Crippen molar-refractivity contribution in [2.45, 2.75) is 0 Å². The van der Waals surface area contributed by atoms with E-state index in [0.717, 1.165) is 21.2 Å². The van der Waals surface area contributed by atoms with E-state index in [-0.39, 0.29) is 5.56 Å². The number of hydrogen-bond acceptors (Lipinski definition) is 2. The minimum atomic E-state index is -0.445. The van der Waals surface area contributed by atoms with Crippen molar-refractivity contribution in [3.63, 3.8) is 0 Å². The summed E-state index contributed by atoms with van der Waals surface area (Å²) in [4.78, 5) is 27.7. The molecule has 0 unspecified atom stereocenters. The van der Waals surface area contributed by atoms with Crippen LogP contribution in [0.3, 0.4) is 0 Å². The molecule has 0 saturated heterocycles. The lowest BCUT2D eigenvalue weighted by molar-refractivity contribution is 0.102. The van der Waals surface area contributed by atoms with Gasteiger partial charge in [0.05, 0.1) is 0 Å². The van der Waals surface area contributed by atoms with Crippen molar-refractivity contribution in [2.75, 3.05) is 5.32 Å². The van der Waals surface area contributed by atoms with Crippen LogP contribution in [0.1, 0.15) is 10.4 Å². The summed E-state index contributed by atoms with van der Waals surface area (Å²) < 4.78 is 0.913. The van der Waals surface area contributed by atoms with Gasteiger partial charge in [-0.2, -0.15) is 0 Å². The average molecular weight is 445 g/mol. The molecule has 0 saturated carbocycles. The zero-order chi connectivity index (χ0) is 20.2. The molecule has 0 atom stereocenters. The van der Waals surface area contributed by atoms with Gasteiger partial charge in [0.1, 0.15) is 5.56 Å². The molecule has 5 heteroatoms. The zero-order valence-corrected chi connectivity index (χ0v) is 16.9. The van der Waals surface area contributed by atoms with Gasteiger partial charge in [-0.05, 0) is 53.1 Å². The maximum atomic E-state index is 12.5. The van der Waals surface area contributed by atoms with Crippen LogP contribution in [0.25, 0.3) is 22.4 Å². The van der Waals surface area contributed by atoms with E-state index in [1.165, 1.54) is 0 Å². The molecule has 1 heterocycles. The predicted octanol–water partition coefficient (Wildman–Crippen LogP) is 5.72. The molecule has 1 amide bonds. The van der Waals surface area contributed by atoms with Crippen LogP contribution in [-0.4, -0.2) is 10.9 Å². The fraction of sp³-hybridized carbons (Fsp3) is 0. The SMILES string of the molecule is O=C(Nc1ccc(Br)cc1)c1ccc(-c2ccc(-c3ccccc3)cc2)[nH]c1=O. The van der Waals surface area contributed by atoms with Crippen molar-refractivity contribution >= 4 is 27.5 Å². The maximum Gasteiger partial charge on any atom is 0.261 e. The lowest BCUT2D eigenvalue weighted by atomic mass is 10.0. The van der Waals surface area contributed by atoms with E-state index < -0.39 is 11.5 Å². The molecule has 0 aliphatic heterocycles. The highest BCUT2D eigenvalue weighted by atomic mass is 79.9. The molecule has 142 valence electrons. The number of rotatable bonds is 4. The van der Waals surface area contributed by atoms with Crippen molar-refractivity contribution in [2.24, 2.45) is 0 Å². The number of H-pyrrole nitrogens is 1. The molecular weight excluding hydrogens is 428 g/mol. The first-order valence-corrected chi connectivity index (χ1v) is 9.85. The van der Waals surface area contributed by atoms with Crippen LogP contribution in [0.4, 0.5) is 5.69 Å². The Balaban J connectivity index is 1.54. The molecule has 0 radical (unpaired) electrons. The molecular formula is C24H17BrN2O2. The summed E-state index contributed by atoms with van der Waals surface area (Å²) >= 11 is 3.35. The molecule has 1 aromatic heterocycles. The Morgan fingerprint density at radius 2 is 1.34 bits per heavy atom. The topological polar surface area (TPSA) is 62.0 Å². The van der Waals surface area contributed by atoms with Gasteiger partial charge in [-0.25, -0.2) is 0 Å². The van der Waals surface area contributed by atoms with E-state index in [1.54, 1.807) is 24.3 Å². The predicted molar refractivity (Wildman–Crippen MR) is 120 cm³/mol. The second kappa shape index (κ2) is 8.29. The molecule has 4 nitrogen and oxygen atoms in total. The number of aromatic amines is 1. The normalized spacial score (nSPS) is 10.5. The Morgan fingerprint density at radius 1 is 0.724 bits per heavy atom. The Bertz CT molecular complexity index is 1200. The number of carbonyl (C=O) groups excluding carboxylic acids is 1. The number of anilines is 1. The standard InChI is InChI=1S/C24H17BrN2O2/c25-19-10-12-20(13-11-19)26-23(28)21-14-15-22(27-24(21)29)18-8-6-17(7-9-18)16-4-2-1-3-5-16/h1-15H,(H,26,28)(H,27,29). The largest absolute Gasteiger partial charge is 0.322 e. The van der Waals surface area contributed by atoms with E-state index >= 15 is 0 Å². The summed E-state index contributed by atoms with van der Waals surface area (Å²) in [5.41, 5.74) is 4.03. The summed E-state index contributed by atoms with van der Waals surface area (Å²) in [5.74, 6) is -0.445. The number of halogens is 1. The van der Waals surface area contributed by atoms with Gasteiger partial charge in [0.15, 0.2) is 0 Å². The number of aromatic nitrogens is 1. The number of hydrogen-bond donors (Lipinski definition) is 2. The minimum absolute atomic E-state index is 0.0672. The van der Waals surface area contributed by atoms with Gasteiger partial charge in [-0.1, -0.05) is 70.5 Å². The molecule has 0 fully saturated rings. The highest BCUT2D eigenvalue weighted by molar-refractivity contribution is 9.10. The molecule has 29 heavy (non-hydrogen) atoms. The Kier molecular flexibility index (Phi) is 5.40. The molecule has 4 aromatic rings. The Hall–Kier alpha value is -3.44. The molecule has 4 rings (SSSR count). The summed E-state index contributed by atoms with van der Waals surface area (Å²) in [7, 11) is 0. The lowest BCUT2D eigenvalue weighted by Gasteiger charge is -2.07. The monoisotopic (exact) mass is 444 g/mol. The number of pyridine rings is 1. The summed E-state index contributed by atoms with van der Waals surface area (Å²) in [6.45, 7) is 0. The smallest absolute Gasteiger partial charge is 0.261 e. The van der Waals surface area contributed by atoms with E-state index in [0.29, 0.717) is 11.4 Å². The van der Waals surface area contributed by atoms with Gasteiger partial charge in [0, 0.05) is 15.9 Å². The van der Waals surface area contributed by atoms with Gasteiger partial charge < -0.3 is 10.3 Å². The van der Waals surface area contributed by atoms with Crippen LogP contribution >= 0.6 is 15.9 Å². The van der Waals surface area contributed by atoms with E-state index in [1.807, 2.05) is 54.6 Å². The third-order valence-electron chi connectivity index (χ3n) is 4.56. The molecule has 2 N–H and O–H groups in total. The number of benzene rings is 3. The van der Waals surface area contributed by atoms with Crippen LogP contribution < -0.4 is 10.9 Å². The van der Waals surface area contributed by atoms with Crippen LogP contribution in [0.15, 0.2) is 100 Å². The van der Waals surface area contributed by atoms with Crippen molar-refractivity contribution in [3.05, 3.63) is 111 Å². The minimum Gasteiger partial charge on any atom is -0.322 e. The maximum absolute atomic E-state index is 12.5. The van der Waals surface area contributed by atoms with Crippen LogP contribution in [-0.2, 0) is 0 Å². The van der Waals surface area contributed by atoms with Crippen LogP contribution in [0, 0.1) is 0 Å². The van der Waals surface area contributed by atoms with Gasteiger partial charge in [0.2, 0.25) is 0 Å². The third kappa shape index (κ3) is 4.36. The van der Waals surface area contributed by atoms with Crippen molar-refractivity contribution in [3.8, 4) is 22.4 Å². The van der Waals surface area contributed by atoms with Crippen LogP contribution in [0.2, 0.25) is 0 Å². The van der Waals surface area contributed by atoms with E-state index in [2.05, 4.69) is 38.4 Å². The first kappa shape index (κ1) is 18.9. The number of carbonyl (C=O) groups is 1. The van der Waals surface area contributed by atoms with Crippen LogP contribution in [0.5, 0.6) is 0 Å². The molecule has 0 aliphatic rings. The molecule has 0 spiro atoms. The average Bonchev–Trinajstić information content (AvgIpc) is 2.76. The third-order valence-corrected chi connectivity index (χ3v) is 5.09. The van der Waals surface area contributed by atoms with Gasteiger partial charge in [-0.3, -0.25) is 9.59 Å². The second-order valence-corrected chi connectivity index (χ2v) is 7.43. The fourth-order valence-electron chi connectivity index (χ4n) is 3.03. The van der Waals surface area contributed by atoms with Gasteiger partial charge in [-0.15, -0.1) is 0 Å². The zero-order valence-electron chi connectivity index (χ0n) is 15.4. The van der Waals surface area contributed by atoms with Gasteiger partial charge >= 0.3 is 0 Å².